The fraction of sp³-hybridized carbons (Fsp3) is 0.190. The molecule has 0 bridgehead atoms. The Morgan fingerprint density at radius 2 is 1.14 bits per heavy atom. The fourth-order valence-corrected chi connectivity index (χ4v) is 4.24. The number of halogens is 4. The monoisotopic (exact) mass is 420 g/mol. The standard InChI is InChI=1S/C21H16Cl2F2N2O/c22-20(24)17(13-9-26-15-7-3-1-5-11(13)15)19(28)18(21(23)25)14-10-27-16-8-4-2-6-12(14)16/h1-10,17-18,20-21,26-27H. The molecule has 2 aromatic carbocycles. The average molecular weight is 421 g/mol. The summed E-state index contributed by atoms with van der Waals surface area (Å²) in [6.45, 7) is 0. The Morgan fingerprint density at radius 1 is 0.750 bits per heavy atom. The summed E-state index contributed by atoms with van der Waals surface area (Å²) in [7, 11) is 0. The maximum Gasteiger partial charge on any atom is 0.187 e. The van der Waals surface area contributed by atoms with Crippen molar-refractivity contribution in [2.24, 2.45) is 0 Å². The van der Waals surface area contributed by atoms with Crippen LogP contribution in [0.1, 0.15) is 23.0 Å². The fourth-order valence-electron chi connectivity index (χ4n) is 3.72. The van der Waals surface area contributed by atoms with Gasteiger partial charge in [-0.1, -0.05) is 59.6 Å². The summed E-state index contributed by atoms with van der Waals surface area (Å²) < 4.78 is 28.9. The van der Waals surface area contributed by atoms with Crippen molar-refractivity contribution in [2.75, 3.05) is 0 Å². The van der Waals surface area contributed by atoms with Gasteiger partial charge in [0.1, 0.15) is 0 Å². The van der Waals surface area contributed by atoms with Gasteiger partial charge >= 0.3 is 0 Å². The Hall–Kier alpha value is -2.37. The molecule has 2 heterocycles. The maximum atomic E-state index is 14.4. The number of aromatic nitrogens is 2. The first-order chi connectivity index (χ1) is 13.5. The van der Waals surface area contributed by atoms with E-state index in [-0.39, 0.29) is 0 Å². The minimum Gasteiger partial charge on any atom is -0.361 e. The summed E-state index contributed by atoms with van der Waals surface area (Å²) in [5.74, 6) is -3.44. The van der Waals surface area contributed by atoms with Crippen LogP contribution in [0.4, 0.5) is 8.78 Å². The molecule has 0 aliphatic heterocycles. The Kier molecular flexibility index (Phi) is 5.13. The van der Waals surface area contributed by atoms with E-state index in [0.717, 1.165) is 11.0 Å². The van der Waals surface area contributed by atoms with Gasteiger partial charge in [-0.05, 0) is 23.3 Å². The lowest BCUT2D eigenvalue weighted by atomic mass is 9.84. The molecular formula is C21H16Cl2F2N2O. The van der Waals surface area contributed by atoms with Crippen molar-refractivity contribution in [1.29, 1.82) is 0 Å². The van der Waals surface area contributed by atoms with Gasteiger partial charge in [0.05, 0.1) is 11.8 Å². The van der Waals surface area contributed by atoms with E-state index in [4.69, 9.17) is 23.2 Å². The predicted octanol–water partition coefficient (Wildman–Crippen LogP) is 6.15. The van der Waals surface area contributed by atoms with Gasteiger partial charge in [0, 0.05) is 34.2 Å². The Balaban J connectivity index is 1.82. The SMILES string of the molecule is O=C(C(c1c[nH]c2ccccc12)C(F)Cl)C(c1c[nH]c2ccccc12)C(F)Cl. The molecule has 0 aliphatic rings. The smallest absolute Gasteiger partial charge is 0.187 e. The number of aromatic amines is 2. The zero-order valence-electron chi connectivity index (χ0n) is 14.5. The number of ketones is 1. The van der Waals surface area contributed by atoms with Gasteiger partial charge in [0.15, 0.2) is 17.0 Å². The molecule has 4 unspecified atom stereocenters. The van der Waals surface area contributed by atoms with E-state index >= 15 is 0 Å². The Bertz CT molecular complexity index is 1050. The number of fused-ring (bicyclic) bond motifs is 2. The largest absolute Gasteiger partial charge is 0.361 e. The normalized spacial score (nSPS) is 16.1. The summed E-state index contributed by atoms with van der Waals surface area (Å²) in [4.78, 5) is 19.3. The van der Waals surface area contributed by atoms with Crippen molar-refractivity contribution in [3.63, 3.8) is 0 Å². The molecule has 0 fully saturated rings. The second kappa shape index (κ2) is 7.57. The number of H-pyrrole nitrogens is 2. The highest BCUT2D eigenvalue weighted by atomic mass is 35.5. The third kappa shape index (κ3) is 3.19. The maximum absolute atomic E-state index is 14.4. The summed E-state index contributed by atoms with van der Waals surface area (Å²) in [5.41, 5.74) is -1.84. The molecule has 0 aliphatic carbocycles. The molecule has 144 valence electrons. The van der Waals surface area contributed by atoms with E-state index in [1.54, 1.807) is 36.4 Å². The highest BCUT2D eigenvalue weighted by Gasteiger charge is 2.40. The molecule has 7 heteroatoms. The number of hydrogen-bond donors (Lipinski definition) is 2. The van der Waals surface area contributed by atoms with Crippen LogP contribution < -0.4 is 0 Å². The Morgan fingerprint density at radius 3 is 1.54 bits per heavy atom. The van der Waals surface area contributed by atoms with Crippen LogP contribution in [0.15, 0.2) is 60.9 Å². The first kappa shape index (κ1) is 19.0. The molecule has 0 saturated heterocycles. The van der Waals surface area contributed by atoms with Crippen LogP contribution in [-0.4, -0.2) is 27.0 Å². The van der Waals surface area contributed by atoms with E-state index in [0.29, 0.717) is 21.9 Å². The van der Waals surface area contributed by atoms with Gasteiger partial charge < -0.3 is 9.97 Å². The van der Waals surface area contributed by atoms with Crippen LogP contribution in [0.25, 0.3) is 21.8 Å². The van der Waals surface area contributed by atoms with E-state index in [2.05, 4.69) is 9.97 Å². The number of Topliss-reactive ketones (excluding diaryl/α,β-unsaturated/α-hetero) is 1. The quantitative estimate of drug-likeness (QED) is 0.360. The van der Waals surface area contributed by atoms with Crippen molar-refractivity contribution >= 4 is 50.8 Å². The van der Waals surface area contributed by atoms with Crippen molar-refractivity contribution < 1.29 is 13.6 Å². The lowest BCUT2D eigenvalue weighted by Crippen LogP contribution is -2.29. The van der Waals surface area contributed by atoms with Crippen molar-refractivity contribution in [3.8, 4) is 0 Å². The highest BCUT2D eigenvalue weighted by Crippen LogP contribution is 2.40. The van der Waals surface area contributed by atoms with E-state index in [9.17, 15) is 13.6 Å². The number of alkyl halides is 4. The molecule has 0 saturated carbocycles. The van der Waals surface area contributed by atoms with Gasteiger partial charge in [0.2, 0.25) is 0 Å². The molecule has 4 aromatic rings. The number of benzene rings is 2. The summed E-state index contributed by atoms with van der Waals surface area (Å²) in [6.07, 6.45) is 3.08. The molecule has 0 amide bonds. The summed E-state index contributed by atoms with van der Waals surface area (Å²) >= 11 is 11.6. The lowest BCUT2D eigenvalue weighted by Gasteiger charge is -2.22. The first-order valence-corrected chi connectivity index (χ1v) is 9.58. The van der Waals surface area contributed by atoms with Crippen molar-refractivity contribution in [1.82, 2.24) is 9.97 Å². The van der Waals surface area contributed by atoms with E-state index in [1.807, 2.05) is 12.1 Å². The molecule has 2 N–H and O–H groups in total. The van der Waals surface area contributed by atoms with Crippen molar-refractivity contribution in [3.05, 3.63) is 72.1 Å². The third-order valence-corrected chi connectivity index (χ3v) is 5.53. The second-order valence-electron chi connectivity index (χ2n) is 6.61. The molecule has 4 rings (SSSR count). The molecule has 0 spiro atoms. The van der Waals surface area contributed by atoms with Crippen molar-refractivity contribution in [2.45, 2.75) is 23.1 Å². The molecule has 2 aromatic heterocycles. The number of para-hydroxylation sites is 2. The van der Waals surface area contributed by atoms with Crippen LogP contribution in [0.3, 0.4) is 0 Å². The second-order valence-corrected chi connectivity index (χ2v) is 7.44. The Labute approximate surface area is 169 Å². The zero-order chi connectivity index (χ0) is 19.8. The van der Waals surface area contributed by atoms with Crippen LogP contribution in [0, 0.1) is 0 Å². The van der Waals surface area contributed by atoms with Gasteiger partial charge in [-0.3, -0.25) is 4.79 Å². The number of hydrogen-bond acceptors (Lipinski definition) is 1. The number of carbonyl (C=O) groups is 1. The minimum atomic E-state index is -2.03. The number of rotatable bonds is 6. The van der Waals surface area contributed by atoms with Crippen LogP contribution >= 0.6 is 23.2 Å². The van der Waals surface area contributed by atoms with Gasteiger partial charge in [0.25, 0.3) is 0 Å². The molecule has 28 heavy (non-hydrogen) atoms. The van der Waals surface area contributed by atoms with Crippen LogP contribution in [0.2, 0.25) is 0 Å². The lowest BCUT2D eigenvalue weighted by molar-refractivity contribution is -0.123. The molecule has 4 atom stereocenters. The van der Waals surface area contributed by atoms with Gasteiger partial charge in [-0.25, -0.2) is 8.78 Å². The molecule has 0 radical (unpaired) electrons. The van der Waals surface area contributed by atoms with Gasteiger partial charge in [-0.2, -0.15) is 0 Å². The summed E-state index contributed by atoms with van der Waals surface area (Å²) in [5, 5.41) is 1.32. The van der Waals surface area contributed by atoms with Gasteiger partial charge in [-0.15, -0.1) is 0 Å². The molecule has 3 nitrogen and oxygen atoms in total. The zero-order valence-corrected chi connectivity index (χ0v) is 16.0. The minimum absolute atomic E-state index is 0.380. The first-order valence-electron chi connectivity index (χ1n) is 8.71. The van der Waals surface area contributed by atoms with Crippen LogP contribution in [0.5, 0.6) is 0 Å². The van der Waals surface area contributed by atoms with E-state index in [1.165, 1.54) is 12.4 Å². The number of nitrogens with one attached hydrogen (secondary N) is 2. The topological polar surface area (TPSA) is 48.6 Å². The van der Waals surface area contributed by atoms with Crippen LogP contribution in [-0.2, 0) is 4.79 Å². The summed E-state index contributed by atoms with van der Waals surface area (Å²) in [6, 6.07) is 14.3. The van der Waals surface area contributed by atoms with E-state index < -0.39 is 28.9 Å². The number of carbonyl (C=O) groups excluding carboxylic acids is 1. The average Bonchev–Trinajstić information content (AvgIpc) is 3.27. The highest BCUT2D eigenvalue weighted by molar-refractivity contribution is 6.25. The third-order valence-electron chi connectivity index (χ3n) is 5.03. The molecular weight excluding hydrogens is 405 g/mol. The predicted molar refractivity (Wildman–Crippen MR) is 109 cm³/mol.